The first-order valence-electron chi connectivity index (χ1n) is 5.82. The van der Waals surface area contributed by atoms with Crippen LogP contribution in [-0.2, 0) is 4.74 Å². The Hall–Kier alpha value is -1.50. The average molecular weight is 236 g/mol. The van der Waals surface area contributed by atoms with E-state index in [0.29, 0.717) is 13.1 Å². The van der Waals surface area contributed by atoms with Gasteiger partial charge in [-0.15, -0.1) is 6.58 Å². The zero-order valence-electron chi connectivity index (χ0n) is 10.8. The number of nitriles is 1. The summed E-state index contributed by atoms with van der Waals surface area (Å²) >= 11 is 0. The normalized spacial score (nSPS) is 17.9. The molecule has 1 aliphatic heterocycles. The molecular formula is C13H20N2O2. The number of hydrogen-bond donors (Lipinski definition) is 0. The van der Waals surface area contributed by atoms with Crippen LogP contribution in [0.25, 0.3) is 0 Å². The molecule has 1 aliphatic rings. The summed E-state index contributed by atoms with van der Waals surface area (Å²) in [4.78, 5) is 13.3. The van der Waals surface area contributed by atoms with Crippen LogP contribution < -0.4 is 0 Å². The monoisotopic (exact) mass is 236 g/mol. The van der Waals surface area contributed by atoms with Gasteiger partial charge >= 0.3 is 6.09 Å². The molecule has 0 aromatic heterocycles. The van der Waals surface area contributed by atoms with E-state index in [1.807, 2.05) is 20.8 Å². The molecule has 0 atom stereocenters. The lowest BCUT2D eigenvalue weighted by atomic mass is 9.77. The summed E-state index contributed by atoms with van der Waals surface area (Å²) in [5, 5.41) is 9.13. The van der Waals surface area contributed by atoms with Crippen molar-refractivity contribution in [2.24, 2.45) is 5.41 Å². The number of rotatable bonds is 3. The van der Waals surface area contributed by atoms with Gasteiger partial charge in [-0.3, -0.25) is 0 Å². The lowest BCUT2D eigenvalue weighted by Gasteiger charge is -2.45. The molecule has 0 spiro atoms. The Morgan fingerprint density at radius 3 is 2.59 bits per heavy atom. The third-order valence-electron chi connectivity index (χ3n) is 2.70. The van der Waals surface area contributed by atoms with Crippen LogP contribution in [0.4, 0.5) is 4.79 Å². The highest BCUT2D eigenvalue weighted by Crippen LogP contribution is 2.35. The number of ether oxygens (including phenoxy) is 1. The van der Waals surface area contributed by atoms with Gasteiger partial charge in [-0.05, 0) is 33.6 Å². The average Bonchev–Trinajstić information content (AvgIpc) is 2.14. The zero-order valence-corrected chi connectivity index (χ0v) is 10.8. The van der Waals surface area contributed by atoms with Crippen molar-refractivity contribution in [2.75, 3.05) is 13.1 Å². The minimum atomic E-state index is -0.483. The molecule has 94 valence electrons. The third kappa shape index (κ3) is 3.48. The first-order chi connectivity index (χ1) is 7.82. The second-order valence-corrected chi connectivity index (χ2v) is 5.56. The molecule has 0 aliphatic carbocycles. The highest BCUT2D eigenvalue weighted by molar-refractivity contribution is 5.69. The molecule has 0 saturated carbocycles. The standard InChI is InChI=1S/C13H20N2O2/c1-5-6-7-13(8-14)9-15(10-13)11(16)17-12(2,3)4/h5H,1,6-7,9-10H2,2-4H3. The van der Waals surface area contributed by atoms with E-state index in [4.69, 9.17) is 10.00 Å². The maximum absolute atomic E-state index is 11.7. The number of hydrogen-bond acceptors (Lipinski definition) is 3. The van der Waals surface area contributed by atoms with Crippen LogP contribution >= 0.6 is 0 Å². The van der Waals surface area contributed by atoms with Crippen LogP contribution in [0.2, 0.25) is 0 Å². The predicted molar refractivity (Wildman–Crippen MR) is 65.3 cm³/mol. The van der Waals surface area contributed by atoms with Crippen molar-refractivity contribution in [3.63, 3.8) is 0 Å². The maximum Gasteiger partial charge on any atom is 0.410 e. The Morgan fingerprint density at radius 2 is 2.18 bits per heavy atom. The van der Waals surface area contributed by atoms with Gasteiger partial charge in [0.15, 0.2) is 0 Å². The third-order valence-corrected chi connectivity index (χ3v) is 2.70. The summed E-state index contributed by atoms with van der Waals surface area (Å²) < 4.78 is 5.24. The van der Waals surface area contributed by atoms with Crippen LogP contribution in [0.5, 0.6) is 0 Å². The Morgan fingerprint density at radius 1 is 1.59 bits per heavy atom. The highest BCUT2D eigenvalue weighted by Gasteiger charge is 2.46. The van der Waals surface area contributed by atoms with Gasteiger partial charge in [0.1, 0.15) is 5.60 Å². The quantitative estimate of drug-likeness (QED) is 0.708. The summed E-state index contributed by atoms with van der Waals surface area (Å²) in [6.45, 7) is 10.1. The van der Waals surface area contributed by atoms with Crippen LogP contribution in [0.15, 0.2) is 12.7 Å². The van der Waals surface area contributed by atoms with E-state index < -0.39 is 11.0 Å². The molecule has 0 aromatic rings. The molecule has 0 N–H and O–H groups in total. The van der Waals surface area contributed by atoms with Crippen molar-refractivity contribution in [1.82, 2.24) is 4.90 Å². The second-order valence-electron chi connectivity index (χ2n) is 5.56. The number of likely N-dealkylation sites (tertiary alicyclic amines) is 1. The van der Waals surface area contributed by atoms with Crippen molar-refractivity contribution in [3.05, 3.63) is 12.7 Å². The Kier molecular flexibility index (Phi) is 3.82. The predicted octanol–water partition coefficient (Wildman–Crippen LogP) is 2.71. The Balaban J connectivity index is 2.47. The summed E-state index contributed by atoms with van der Waals surface area (Å²) in [5.74, 6) is 0. The second kappa shape index (κ2) is 4.79. The van der Waals surface area contributed by atoms with E-state index >= 15 is 0 Å². The minimum absolute atomic E-state index is 0.332. The molecule has 0 unspecified atom stereocenters. The lowest BCUT2D eigenvalue weighted by Crippen LogP contribution is -2.58. The van der Waals surface area contributed by atoms with E-state index in [1.165, 1.54) is 0 Å². The van der Waals surface area contributed by atoms with Crippen molar-refractivity contribution in [1.29, 1.82) is 5.26 Å². The van der Waals surface area contributed by atoms with Gasteiger partial charge < -0.3 is 9.64 Å². The Bertz CT molecular complexity index is 343. The number of amides is 1. The largest absolute Gasteiger partial charge is 0.444 e. The summed E-state index contributed by atoms with van der Waals surface area (Å²) in [5.41, 5.74) is -0.881. The van der Waals surface area contributed by atoms with Gasteiger partial charge in [-0.25, -0.2) is 4.79 Å². The number of carbonyl (C=O) groups excluding carboxylic acids is 1. The molecule has 1 fully saturated rings. The number of nitrogens with zero attached hydrogens (tertiary/aromatic N) is 2. The lowest BCUT2D eigenvalue weighted by molar-refractivity contribution is -0.0181. The fourth-order valence-corrected chi connectivity index (χ4v) is 1.80. The fraction of sp³-hybridized carbons (Fsp3) is 0.692. The van der Waals surface area contributed by atoms with Crippen LogP contribution in [0.1, 0.15) is 33.6 Å². The smallest absolute Gasteiger partial charge is 0.410 e. The molecule has 0 radical (unpaired) electrons. The van der Waals surface area contributed by atoms with E-state index in [0.717, 1.165) is 12.8 Å². The molecule has 1 amide bonds. The van der Waals surface area contributed by atoms with Crippen LogP contribution in [-0.4, -0.2) is 29.7 Å². The number of carbonyl (C=O) groups is 1. The van der Waals surface area contributed by atoms with E-state index in [2.05, 4.69) is 12.6 Å². The van der Waals surface area contributed by atoms with Crippen LogP contribution in [0.3, 0.4) is 0 Å². The van der Waals surface area contributed by atoms with Gasteiger partial charge in [0, 0.05) is 13.1 Å². The minimum Gasteiger partial charge on any atom is -0.444 e. The molecule has 4 heteroatoms. The Labute approximate surface area is 103 Å². The molecule has 17 heavy (non-hydrogen) atoms. The van der Waals surface area contributed by atoms with E-state index in [9.17, 15) is 4.79 Å². The topological polar surface area (TPSA) is 53.3 Å². The molecule has 1 rings (SSSR count). The SMILES string of the molecule is C=CCCC1(C#N)CN(C(=O)OC(C)(C)C)C1. The summed E-state index contributed by atoms with van der Waals surface area (Å²) in [6, 6.07) is 2.30. The molecule has 0 aromatic carbocycles. The first-order valence-corrected chi connectivity index (χ1v) is 5.82. The summed E-state index contributed by atoms with van der Waals surface area (Å²) in [7, 11) is 0. The van der Waals surface area contributed by atoms with Crippen LogP contribution in [0, 0.1) is 16.7 Å². The number of allylic oxidation sites excluding steroid dienone is 1. The zero-order chi connectivity index (χ0) is 13.1. The van der Waals surface area contributed by atoms with Crippen molar-refractivity contribution in [3.8, 4) is 6.07 Å². The van der Waals surface area contributed by atoms with Gasteiger partial charge in [-0.2, -0.15) is 5.26 Å². The van der Waals surface area contributed by atoms with E-state index in [1.54, 1.807) is 11.0 Å². The van der Waals surface area contributed by atoms with Crippen molar-refractivity contribution < 1.29 is 9.53 Å². The van der Waals surface area contributed by atoms with Gasteiger partial charge in [0.05, 0.1) is 11.5 Å². The highest BCUT2D eigenvalue weighted by atomic mass is 16.6. The molecular weight excluding hydrogens is 216 g/mol. The van der Waals surface area contributed by atoms with Gasteiger partial charge in [0.25, 0.3) is 0 Å². The first kappa shape index (κ1) is 13.6. The maximum atomic E-state index is 11.7. The fourth-order valence-electron chi connectivity index (χ4n) is 1.80. The molecule has 1 saturated heterocycles. The van der Waals surface area contributed by atoms with Gasteiger partial charge in [0.2, 0.25) is 0 Å². The summed E-state index contributed by atoms with van der Waals surface area (Å²) in [6.07, 6.45) is 3.03. The van der Waals surface area contributed by atoms with Crippen molar-refractivity contribution >= 4 is 6.09 Å². The van der Waals surface area contributed by atoms with Crippen molar-refractivity contribution in [2.45, 2.75) is 39.2 Å². The van der Waals surface area contributed by atoms with Gasteiger partial charge in [-0.1, -0.05) is 6.08 Å². The molecule has 1 heterocycles. The molecule has 4 nitrogen and oxygen atoms in total. The molecule has 0 bridgehead atoms. The van der Waals surface area contributed by atoms with E-state index in [-0.39, 0.29) is 6.09 Å².